The lowest BCUT2D eigenvalue weighted by Gasteiger charge is -2.31. The van der Waals surface area contributed by atoms with Gasteiger partial charge in [0.1, 0.15) is 5.82 Å². The van der Waals surface area contributed by atoms with Crippen LogP contribution in [0.4, 0.5) is 4.39 Å². The van der Waals surface area contributed by atoms with Gasteiger partial charge in [-0.15, -0.1) is 0 Å². The standard InChI is InChI=1S/C23H29FN2O3S/c24-22-12-10-20(11-13-22)14-15-25-23(27)21-9-4-16-26(18-21)30(28,29)17-5-8-19-6-2-1-3-7-19/h1-3,6-7,10-13,21H,4-5,8-9,14-18H2,(H,25,27). The van der Waals surface area contributed by atoms with Crippen molar-refractivity contribution in [1.82, 2.24) is 9.62 Å². The Kier molecular flexibility index (Phi) is 7.99. The predicted octanol–water partition coefficient (Wildman–Crippen LogP) is 3.16. The Bertz CT molecular complexity index is 917. The van der Waals surface area contributed by atoms with Crippen molar-refractivity contribution in [2.45, 2.75) is 32.1 Å². The highest BCUT2D eigenvalue weighted by atomic mass is 32.2. The molecule has 0 bridgehead atoms. The second kappa shape index (κ2) is 10.7. The molecule has 1 aliphatic rings. The van der Waals surface area contributed by atoms with E-state index in [-0.39, 0.29) is 29.9 Å². The first kappa shape index (κ1) is 22.4. The zero-order chi connectivity index (χ0) is 21.4. The Morgan fingerprint density at radius 1 is 1.03 bits per heavy atom. The molecule has 2 aromatic carbocycles. The smallest absolute Gasteiger partial charge is 0.224 e. The van der Waals surface area contributed by atoms with Crippen molar-refractivity contribution in [3.05, 3.63) is 71.5 Å². The molecule has 162 valence electrons. The van der Waals surface area contributed by atoms with Crippen molar-refractivity contribution >= 4 is 15.9 Å². The van der Waals surface area contributed by atoms with Crippen molar-refractivity contribution in [3.8, 4) is 0 Å². The lowest BCUT2D eigenvalue weighted by Crippen LogP contribution is -2.46. The van der Waals surface area contributed by atoms with Gasteiger partial charge in [-0.2, -0.15) is 0 Å². The Balaban J connectivity index is 1.44. The summed E-state index contributed by atoms with van der Waals surface area (Å²) >= 11 is 0. The Hall–Kier alpha value is -2.25. The summed E-state index contributed by atoms with van der Waals surface area (Å²) in [5.41, 5.74) is 2.08. The van der Waals surface area contributed by atoms with E-state index in [9.17, 15) is 17.6 Å². The van der Waals surface area contributed by atoms with Crippen LogP contribution in [0.3, 0.4) is 0 Å². The van der Waals surface area contributed by atoms with E-state index in [1.165, 1.54) is 16.4 Å². The molecular weight excluding hydrogens is 403 g/mol. The quantitative estimate of drug-likeness (QED) is 0.662. The Labute approximate surface area is 178 Å². The second-order valence-electron chi connectivity index (χ2n) is 7.77. The molecule has 0 aliphatic carbocycles. The largest absolute Gasteiger partial charge is 0.355 e. The molecule has 30 heavy (non-hydrogen) atoms. The van der Waals surface area contributed by atoms with Gasteiger partial charge in [-0.25, -0.2) is 17.1 Å². The normalized spacial score (nSPS) is 17.6. The van der Waals surface area contributed by atoms with E-state index in [4.69, 9.17) is 0 Å². The van der Waals surface area contributed by atoms with E-state index < -0.39 is 10.0 Å². The number of rotatable bonds is 9. The van der Waals surface area contributed by atoms with Gasteiger partial charge in [0, 0.05) is 19.6 Å². The van der Waals surface area contributed by atoms with Crippen LogP contribution in [0.5, 0.6) is 0 Å². The Morgan fingerprint density at radius 2 is 1.73 bits per heavy atom. The molecule has 1 N–H and O–H groups in total. The van der Waals surface area contributed by atoms with Crippen LogP contribution in [0.1, 0.15) is 30.4 Å². The number of sulfonamides is 1. The van der Waals surface area contributed by atoms with Crippen LogP contribution in [-0.2, 0) is 27.7 Å². The topological polar surface area (TPSA) is 66.5 Å². The summed E-state index contributed by atoms with van der Waals surface area (Å²) in [5.74, 6) is -0.618. The molecule has 0 radical (unpaired) electrons. The van der Waals surface area contributed by atoms with Crippen molar-refractivity contribution in [2.75, 3.05) is 25.4 Å². The summed E-state index contributed by atoms with van der Waals surface area (Å²) in [6, 6.07) is 16.1. The number of hydrogen-bond donors (Lipinski definition) is 1. The van der Waals surface area contributed by atoms with Gasteiger partial charge in [-0.05, 0) is 55.4 Å². The molecule has 1 unspecified atom stereocenters. The van der Waals surface area contributed by atoms with Gasteiger partial charge in [0.2, 0.25) is 15.9 Å². The minimum atomic E-state index is -3.37. The Morgan fingerprint density at radius 3 is 2.47 bits per heavy atom. The van der Waals surface area contributed by atoms with Crippen LogP contribution < -0.4 is 5.32 Å². The summed E-state index contributed by atoms with van der Waals surface area (Å²) in [5, 5.41) is 2.90. The highest BCUT2D eigenvalue weighted by Crippen LogP contribution is 2.20. The predicted molar refractivity (Wildman–Crippen MR) is 116 cm³/mol. The van der Waals surface area contributed by atoms with Crippen LogP contribution in [0.2, 0.25) is 0 Å². The van der Waals surface area contributed by atoms with Gasteiger partial charge >= 0.3 is 0 Å². The van der Waals surface area contributed by atoms with Crippen LogP contribution in [0.25, 0.3) is 0 Å². The highest BCUT2D eigenvalue weighted by molar-refractivity contribution is 7.89. The molecule has 1 saturated heterocycles. The van der Waals surface area contributed by atoms with Gasteiger partial charge < -0.3 is 5.32 Å². The van der Waals surface area contributed by atoms with Crippen molar-refractivity contribution in [1.29, 1.82) is 0 Å². The number of carbonyl (C=O) groups excluding carboxylic acids is 1. The first-order chi connectivity index (χ1) is 14.4. The molecule has 1 amide bonds. The fraction of sp³-hybridized carbons (Fsp3) is 0.435. The van der Waals surface area contributed by atoms with Gasteiger partial charge in [0.15, 0.2) is 0 Å². The third-order valence-corrected chi connectivity index (χ3v) is 7.41. The maximum absolute atomic E-state index is 13.0. The molecule has 0 saturated carbocycles. The maximum atomic E-state index is 13.0. The van der Waals surface area contributed by atoms with Crippen molar-refractivity contribution in [2.24, 2.45) is 5.92 Å². The lowest BCUT2D eigenvalue weighted by atomic mass is 9.99. The number of benzene rings is 2. The van der Waals surface area contributed by atoms with Gasteiger partial charge in [-0.1, -0.05) is 42.5 Å². The van der Waals surface area contributed by atoms with E-state index in [1.54, 1.807) is 12.1 Å². The third-order valence-electron chi connectivity index (χ3n) is 5.49. The average Bonchev–Trinajstić information content (AvgIpc) is 2.76. The molecule has 5 nitrogen and oxygen atoms in total. The second-order valence-corrected chi connectivity index (χ2v) is 9.86. The van der Waals surface area contributed by atoms with E-state index in [2.05, 4.69) is 5.32 Å². The lowest BCUT2D eigenvalue weighted by molar-refractivity contribution is -0.126. The van der Waals surface area contributed by atoms with E-state index in [0.29, 0.717) is 38.8 Å². The van der Waals surface area contributed by atoms with Gasteiger partial charge in [0.25, 0.3) is 0 Å². The molecule has 2 aromatic rings. The molecule has 0 aromatic heterocycles. The molecular formula is C23H29FN2O3S. The van der Waals surface area contributed by atoms with Crippen LogP contribution in [0.15, 0.2) is 54.6 Å². The van der Waals surface area contributed by atoms with Crippen LogP contribution >= 0.6 is 0 Å². The molecule has 1 aliphatic heterocycles. The first-order valence-corrected chi connectivity index (χ1v) is 12.1. The average molecular weight is 433 g/mol. The fourth-order valence-electron chi connectivity index (χ4n) is 3.77. The molecule has 0 spiro atoms. The summed E-state index contributed by atoms with van der Waals surface area (Å²) in [6.45, 7) is 1.17. The number of amides is 1. The molecule has 7 heteroatoms. The number of carbonyl (C=O) groups is 1. The molecule has 1 atom stereocenters. The zero-order valence-electron chi connectivity index (χ0n) is 17.1. The SMILES string of the molecule is O=C(NCCc1ccc(F)cc1)C1CCCN(S(=O)(=O)CCCc2ccccc2)C1. The number of piperidine rings is 1. The van der Waals surface area contributed by atoms with E-state index >= 15 is 0 Å². The van der Waals surface area contributed by atoms with Crippen LogP contribution in [0, 0.1) is 11.7 Å². The number of nitrogens with zero attached hydrogens (tertiary/aromatic N) is 1. The number of hydrogen-bond acceptors (Lipinski definition) is 3. The summed E-state index contributed by atoms with van der Waals surface area (Å²) in [7, 11) is -3.37. The van der Waals surface area contributed by atoms with Gasteiger partial charge in [0.05, 0.1) is 11.7 Å². The highest BCUT2D eigenvalue weighted by Gasteiger charge is 2.31. The molecule has 1 fully saturated rings. The number of aryl methyl sites for hydroxylation is 1. The minimum Gasteiger partial charge on any atom is -0.355 e. The number of nitrogens with one attached hydrogen (secondary N) is 1. The van der Waals surface area contributed by atoms with E-state index in [0.717, 1.165) is 17.5 Å². The zero-order valence-corrected chi connectivity index (χ0v) is 17.9. The van der Waals surface area contributed by atoms with E-state index in [1.807, 2.05) is 30.3 Å². The van der Waals surface area contributed by atoms with Crippen LogP contribution in [-0.4, -0.2) is 44.0 Å². The molecule has 1 heterocycles. The fourth-order valence-corrected chi connectivity index (χ4v) is 5.35. The monoisotopic (exact) mass is 432 g/mol. The summed E-state index contributed by atoms with van der Waals surface area (Å²) in [4.78, 5) is 12.5. The maximum Gasteiger partial charge on any atom is 0.224 e. The third kappa shape index (κ3) is 6.64. The first-order valence-electron chi connectivity index (χ1n) is 10.5. The minimum absolute atomic E-state index is 0.0980. The number of halogens is 1. The summed E-state index contributed by atoms with van der Waals surface area (Å²) < 4.78 is 39.9. The summed E-state index contributed by atoms with van der Waals surface area (Å²) in [6.07, 6.45) is 3.28. The molecule has 3 rings (SSSR count). The van der Waals surface area contributed by atoms with Crippen molar-refractivity contribution < 1.29 is 17.6 Å². The van der Waals surface area contributed by atoms with Crippen molar-refractivity contribution in [3.63, 3.8) is 0 Å². The van der Waals surface area contributed by atoms with Gasteiger partial charge in [-0.3, -0.25) is 4.79 Å².